The van der Waals surface area contributed by atoms with Crippen molar-refractivity contribution < 1.29 is 24.3 Å². The molecular weight excluding hydrogens is 476 g/mol. The van der Waals surface area contributed by atoms with Crippen molar-refractivity contribution in [2.24, 2.45) is 17.6 Å². The third-order valence-electron chi connectivity index (χ3n) is 6.33. The molecule has 3 amide bonds. The smallest absolute Gasteiger partial charge is 0.326 e. The monoisotopic (exact) mass is 514 g/mol. The molecule has 1 heterocycles. The average molecular weight is 515 g/mol. The molecule has 0 fully saturated rings. The summed E-state index contributed by atoms with van der Waals surface area (Å²) in [6.45, 7) is 7.16. The van der Waals surface area contributed by atoms with Crippen LogP contribution in [0.3, 0.4) is 0 Å². The minimum Gasteiger partial charge on any atom is -0.480 e. The number of carbonyl (C=O) groups excluding carboxylic acids is 3. The minimum atomic E-state index is -1.15. The van der Waals surface area contributed by atoms with Gasteiger partial charge in [0.1, 0.15) is 18.1 Å². The Kier molecular flexibility index (Phi) is 11.3. The van der Waals surface area contributed by atoms with Crippen LogP contribution in [-0.4, -0.2) is 62.9 Å². The number of nitrogens with one attached hydrogen (secondary N) is 4. The van der Waals surface area contributed by atoms with Gasteiger partial charge in [0.15, 0.2) is 0 Å². The summed E-state index contributed by atoms with van der Waals surface area (Å²) in [4.78, 5) is 58.0. The molecule has 11 nitrogen and oxygen atoms in total. The summed E-state index contributed by atoms with van der Waals surface area (Å²) in [7, 11) is 0. The highest BCUT2D eigenvalue weighted by molar-refractivity contribution is 5.94. The fraction of sp³-hybridized carbons (Fsp3) is 0.500. The summed E-state index contributed by atoms with van der Waals surface area (Å²) in [6, 6.07) is 4.98. The van der Waals surface area contributed by atoms with Crippen molar-refractivity contribution in [3.05, 3.63) is 54.1 Å². The molecule has 0 spiro atoms. The van der Waals surface area contributed by atoms with Crippen LogP contribution in [0, 0.1) is 11.8 Å². The van der Waals surface area contributed by atoms with E-state index in [0.717, 1.165) is 5.56 Å². The highest BCUT2D eigenvalue weighted by Crippen LogP contribution is 2.11. The summed E-state index contributed by atoms with van der Waals surface area (Å²) in [5, 5.41) is 17.6. The van der Waals surface area contributed by atoms with Crippen LogP contribution in [0.5, 0.6) is 0 Å². The standard InChI is InChI=1S/C26H38N6O5/c1-5-16(4)22(26(36)37)32-24(34)19(11-17-9-7-6-8-10-17)30-23(33)20(12-18-13-28-14-29-18)31-25(35)21(27)15(2)3/h6-10,13-16,19-22H,5,11-12,27H2,1-4H3,(H,28,29)(H,30,33)(H,31,35)(H,32,34)(H,36,37). The van der Waals surface area contributed by atoms with Gasteiger partial charge in [0.25, 0.3) is 0 Å². The number of nitrogens with two attached hydrogens (primary N) is 1. The minimum absolute atomic E-state index is 0.0900. The number of hydrogen-bond acceptors (Lipinski definition) is 6. The Hall–Kier alpha value is -3.73. The molecule has 37 heavy (non-hydrogen) atoms. The fourth-order valence-corrected chi connectivity index (χ4v) is 3.66. The van der Waals surface area contributed by atoms with Gasteiger partial charge in [-0.1, -0.05) is 64.4 Å². The number of H-pyrrole nitrogens is 1. The van der Waals surface area contributed by atoms with Gasteiger partial charge >= 0.3 is 5.97 Å². The molecule has 5 atom stereocenters. The first-order valence-electron chi connectivity index (χ1n) is 12.4. The van der Waals surface area contributed by atoms with E-state index in [-0.39, 0.29) is 24.7 Å². The van der Waals surface area contributed by atoms with Gasteiger partial charge in [-0.05, 0) is 17.4 Å². The first-order chi connectivity index (χ1) is 17.5. The van der Waals surface area contributed by atoms with E-state index in [1.165, 1.54) is 12.5 Å². The van der Waals surface area contributed by atoms with E-state index in [2.05, 4.69) is 25.9 Å². The molecule has 0 radical (unpaired) electrons. The molecule has 1 aromatic carbocycles. The van der Waals surface area contributed by atoms with Crippen LogP contribution >= 0.6 is 0 Å². The van der Waals surface area contributed by atoms with Crippen LogP contribution in [0.15, 0.2) is 42.9 Å². The predicted molar refractivity (Wildman–Crippen MR) is 138 cm³/mol. The number of carboxylic acid groups (broad SMARTS) is 1. The first-order valence-corrected chi connectivity index (χ1v) is 12.4. The highest BCUT2D eigenvalue weighted by Gasteiger charge is 2.32. The van der Waals surface area contributed by atoms with Gasteiger partial charge in [-0.2, -0.15) is 0 Å². The van der Waals surface area contributed by atoms with E-state index < -0.39 is 47.9 Å². The summed E-state index contributed by atoms with van der Waals surface area (Å²) in [5.41, 5.74) is 7.35. The van der Waals surface area contributed by atoms with Gasteiger partial charge in [-0.25, -0.2) is 9.78 Å². The normalized spacial score (nSPS) is 15.2. The Morgan fingerprint density at radius 2 is 1.54 bits per heavy atom. The van der Waals surface area contributed by atoms with Crippen LogP contribution < -0.4 is 21.7 Å². The lowest BCUT2D eigenvalue weighted by Crippen LogP contribution is -2.59. The summed E-state index contributed by atoms with van der Waals surface area (Å²) in [5.74, 6) is -3.36. The van der Waals surface area contributed by atoms with Crippen molar-refractivity contribution in [2.45, 2.75) is 71.1 Å². The van der Waals surface area contributed by atoms with E-state index in [9.17, 15) is 24.3 Å². The molecule has 0 saturated heterocycles. The third kappa shape index (κ3) is 9.02. The molecule has 0 bridgehead atoms. The molecule has 0 aliphatic rings. The van der Waals surface area contributed by atoms with Crippen molar-refractivity contribution in [3.8, 4) is 0 Å². The van der Waals surface area contributed by atoms with Gasteiger partial charge in [0, 0.05) is 24.7 Å². The largest absolute Gasteiger partial charge is 0.480 e. The van der Waals surface area contributed by atoms with Crippen LogP contribution in [0.2, 0.25) is 0 Å². The number of aromatic amines is 1. The molecule has 5 unspecified atom stereocenters. The zero-order valence-electron chi connectivity index (χ0n) is 21.7. The van der Waals surface area contributed by atoms with E-state index >= 15 is 0 Å². The molecular formula is C26H38N6O5. The number of carboxylic acids is 1. The van der Waals surface area contributed by atoms with Crippen molar-refractivity contribution in [3.63, 3.8) is 0 Å². The quantitative estimate of drug-likeness (QED) is 0.215. The number of amides is 3. The predicted octanol–water partition coefficient (Wildman–Crippen LogP) is 0.763. The molecule has 7 N–H and O–H groups in total. The van der Waals surface area contributed by atoms with Gasteiger partial charge in [0.2, 0.25) is 17.7 Å². The van der Waals surface area contributed by atoms with Gasteiger partial charge in [-0.15, -0.1) is 0 Å². The Labute approximate surface area is 217 Å². The van der Waals surface area contributed by atoms with Crippen LogP contribution in [0.25, 0.3) is 0 Å². The summed E-state index contributed by atoms with van der Waals surface area (Å²) >= 11 is 0. The molecule has 202 valence electrons. The highest BCUT2D eigenvalue weighted by atomic mass is 16.4. The second-order valence-corrected chi connectivity index (χ2v) is 9.57. The maximum atomic E-state index is 13.4. The molecule has 0 saturated carbocycles. The van der Waals surface area contributed by atoms with Gasteiger partial charge in [-0.3, -0.25) is 14.4 Å². The average Bonchev–Trinajstić information content (AvgIpc) is 3.38. The molecule has 2 aromatic rings. The molecule has 2 rings (SSSR count). The Bertz CT molecular complexity index is 1030. The van der Waals surface area contributed by atoms with E-state index in [1.54, 1.807) is 45.0 Å². The molecule has 1 aromatic heterocycles. The van der Waals surface area contributed by atoms with Crippen molar-refractivity contribution >= 4 is 23.7 Å². The van der Waals surface area contributed by atoms with E-state index in [0.29, 0.717) is 12.1 Å². The number of benzene rings is 1. The second-order valence-electron chi connectivity index (χ2n) is 9.57. The van der Waals surface area contributed by atoms with Crippen LogP contribution in [0.4, 0.5) is 0 Å². The van der Waals surface area contributed by atoms with Gasteiger partial charge < -0.3 is 31.8 Å². The Morgan fingerprint density at radius 1 is 0.946 bits per heavy atom. The lowest BCUT2D eigenvalue weighted by molar-refractivity contribution is -0.143. The molecule has 0 aliphatic carbocycles. The van der Waals surface area contributed by atoms with Crippen LogP contribution in [0.1, 0.15) is 45.4 Å². The second kappa shape index (κ2) is 14.1. The lowest BCUT2D eigenvalue weighted by Gasteiger charge is -2.27. The molecule has 11 heteroatoms. The maximum absolute atomic E-state index is 13.4. The Balaban J connectivity index is 2.29. The fourth-order valence-electron chi connectivity index (χ4n) is 3.66. The topological polar surface area (TPSA) is 179 Å². The van der Waals surface area contributed by atoms with Crippen LogP contribution in [-0.2, 0) is 32.0 Å². The number of aromatic nitrogens is 2. The van der Waals surface area contributed by atoms with Crippen molar-refractivity contribution in [1.29, 1.82) is 0 Å². The Morgan fingerprint density at radius 3 is 2.08 bits per heavy atom. The summed E-state index contributed by atoms with van der Waals surface area (Å²) < 4.78 is 0. The zero-order chi connectivity index (χ0) is 27.5. The molecule has 0 aliphatic heterocycles. The van der Waals surface area contributed by atoms with Crippen molar-refractivity contribution in [2.75, 3.05) is 0 Å². The number of rotatable bonds is 14. The summed E-state index contributed by atoms with van der Waals surface area (Å²) in [6.07, 6.45) is 3.75. The number of hydrogen-bond donors (Lipinski definition) is 6. The zero-order valence-corrected chi connectivity index (χ0v) is 21.7. The van der Waals surface area contributed by atoms with E-state index in [1.807, 2.05) is 13.0 Å². The van der Waals surface area contributed by atoms with Crippen molar-refractivity contribution in [1.82, 2.24) is 25.9 Å². The number of aliphatic carboxylic acids is 1. The lowest BCUT2D eigenvalue weighted by atomic mass is 9.98. The van der Waals surface area contributed by atoms with E-state index in [4.69, 9.17) is 5.73 Å². The van der Waals surface area contributed by atoms with Gasteiger partial charge in [0.05, 0.1) is 12.4 Å². The number of nitrogens with zero attached hydrogens (tertiary/aromatic N) is 1. The number of carbonyl (C=O) groups is 4. The SMILES string of the molecule is CCC(C)C(NC(=O)C(Cc1ccccc1)NC(=O)C(Cc1cnc[nH]1)NC(=O)C(N)C(C)C)C(=O)O. The third-order valence-corrected chi connectivity index (χ3v) is 6.33. The first kappa shape index (κ1) is 29.5. The number of imidazole rings is 1. The maximum Gasteiger partial charge on any atom is 0.326 e.